The van der Waals surface area contributed by atoms with Gasteiger partial charge in [0.25, 0.3) is 0 Å². The highest BCUT2D eigenvalue weighted by atomic mass is 35.5. The third kappa shape index (κ3) is 3.46. The van der Waals surface area contributed by atoms with Crippen LogP contribution in [0.3, 0.4) is 0 Å². The van der Waals surface area contributed by atoms with Crippen molar-refractivity contribution in [3.8, 4) is 5.75 Å². The van der Waals surface area contributed by atoms with Gasteiger partial charge in [0.1, 0.15) is 18.2 Å². The summed E-state index contributed by atoms with van der Waals surface area (Å²) in [5.74, 6) is 0.219. The molecule has 2 aromatic carbocycles. The fourth-order valence-corrected chi connectivity index (χ4v) is 1.89. The number of rotatable bonds is 4. The van der Waals surface area contributed by atoms with Crippen LogP contribution < -0.4 is 4.74 Å². The first-order valence-corrected chi connectivity index (χ1v) is 6.29. The molecule has 100 valence electrons. The van der Waals surface area contributed by atoms with Crippen LogP contribution >= 0.6 is 11.6 Å². The van der Waals surface area contributed by atoms with Crippen molar-refractivity contribution >= 4 is 11.6 Å². The zero-order valence-corrected chi connectivity index (χ0v) is 11.2. The Morgan fingerprint density at radius 2 is 1.89 bits per heavy atom. The van der Waals surface area contributed by atoms with E-state index in [4.69, 9.17) is 16.3 Å². The molecule has 0 aliphatic heterocycles. The number of hydrogen-bond donors (Lipinski definition) is 1. The smallest absolute Gasteiger partial charge is 0.131 e. The fourth-order valence-electron chi connectivity index (χ4n) is 1.67. The lowest BCUT2D eigenvalue weighted by molar-refractivity contribution is 0.199. The molecular weight excluding hydrogens is 267 g/mol. The van der Waals surface area contributed by atoms with Gasteiger partial charge >= 0.3 is 0 Å². The van der Waals surface area contributed by atoms with E-state index in [0.717, 1.165) is 5.56 Å². The molecule has 0 aliphatic carbocycles. The molecule has 0 fully saturated rings. The summed E-state index contributed by atoms with van der Waals surface area (Å²) in [5.41, 5.74) is 1.14. The molecule has 0 amide bonds. The Morgan fingerprint density at radius 1 is 1.21 bits per heavy atom. The molecule has 0 saturated carbocycles. The maximum absolute atomic E-state index is 13.5. The predicted molar refractivity (Wildman–Crippen MR) is 72.8 cm³/mol. The Balaban J connectivity index is 2.06. The second kappa shape index (κ2) is 6.04. The van der Waals surface area contributed by atoms with Gasteiger partial charge in [0.05, 0.1) is 11.1 Å². The Bertz CT molecular complexity index is 532. The van der Waals surface area contributed by atoms with Crippen molar-refractivity contribution in [2.45, 2.75) is 19.6 Å². The average Bonchev–Trinajstić information content (AvgIpc) is 2.38. The van der Waals surface area contributed by atoms with Gasteiger partial charge in [-0.05, 0) is 36.8 Å². The molecule has 0 saturated heterocycles. The van der Waals surface area contributed by atoms with Crippen molar-refractivity contribution in [1.82, 2.24) is 0 Å². The number of halogens is 2. The van der Waals surface area contributed by atoms with Gasteiger partial charge in [0, 0.05) is 5.56 Å². The van der Waals surface area contributed by atoms with E-state index in [1.165, 1.54) is 6.07 Å². The van der Waals surface area contributed by atoms with Crippen LogP contribution in [0.2, 0.25) is 5.02 Å². The summed E-state index contributed by atoms with van der Waals surface area (Å²) in [6.45, 7) is 1.76. The minimum atomic E-state index is -0.518. The monoisotopic (exact) mass is 280 g/mol. The zero-order chi connectivity index (χ0) is 13.8. The minimum absolute atomic E-state index is 0.0690. The molecule has 0 bridgehead atoms. The van der Waals surface area contributed by atoms with Gasteiger partial charge in [-0.2, -0.15) is 0 Å². The summed E-state index contributed by atoms with van der Waals surface area (Å²) in [5, 5.41) is 9.74. The van der Waals surface area contributed by atoms with E-state index < -0.39 is 6.10 Å². The van der Waals surface area contributed by atoms with Gasteiger partial charge in [0.2, 0.25) is 0 Å². The van der Waals surface area contributed by atoms with E-state index in [0.29, 0.717) is 16.3 Å². The summed E-state index contributed by atoms with van der Waals surface area (Å²) in [7, 11) is 0. The molecule has 2 aromatic rings. The largest absolute Gasteiger partial charge is 0.489 e. The first kappa shape index (κ1) is 13.8. The number of hydrogen-bond acceptors (Lipinski definition) is 2. The Kier molecular flexibility index (Phi) is 4.40. The normalized spacial score (nSPS) is 12.2. The Morgan fingerprint density at radius 3 is 2.47 bits per heavy atom. The van der Waals surface area contributed by atoms with Crippen molar-refractivity contribution < 1.29 is 14.2 Å². The predicted octanol–water partition coefficient (Wildman–Crippen LogP) is 4.11. The minimum Gasteiger partial charge on any atom is -0.489 e. The lowest BCUT2D eigenvalue weighted by Crippen LogP contribution is -2.00. The lowest BCUT2D eigenvalue weighted by atomic mass is 10.1. The molecule has 0 spiro atoms. The van der Waals surface area contributed by atoms with E-state index in [9.17, 15) is 9.50 Å². The van der Waals surface area contributed by atoms with Gasteiger partial charge in [-0.1, -0.05) is 29.8 Å². The number of benzene rings is 2. The van der Waals surface area contributed by atoms with Gasteiger partial charge in [-0.25, -0.2) is 4.39 Å². The number of aliphatic hydroxyl groups excluding tert-OH is 1. The maximum atomic E-state index is 13.5. The second-order valence-corrected chi connectivity index (χ2v) is 4.64. The Hall–Kier alpha value is -1.58. The molecule has 0 aliphatic rings. The first-order valence-electron chi connectivity index (χ1n) is 5.91. The van der Waals surface area contributed by atoms with E-state index in [-0.39, 0.29) is 12.4 Å². The van der Waals surface area contributed by atoms with E-state index >= 15 is 0 Å². The van der Waals surface area contributed by atoms with Crippen LogP contribution in [0.4, 0.5) is 4.39 Å². The van der Waals surface area contributed by atoms with E-state index in [1.807, 2.05) is 0 Å². The van der Waals surface area contributed by atoms with Crippen LogP contribution in [0.15, 0.2) is 42.5 Å². The van der Waals surface area contributed by atoms with Crippen molar-refractivity contribution in [3.63, 3.8) is 0 Å². The lowest BCUT2D eigenvalue weighted by Gasteiger charge is -2.10. The quantitative estimate of drug-likeness (QED) is 0.913. The fraction of sp³-hybridized carbons (Fsp3) is 0.200. The van der Waals surface area contributed by atoms with Gasteiger partial charge in [0.15, 0.2) is 0 Å². The summed E-state index contributed by atoms with van der Waals surface area (Å²) in [4.78, 5) is 0. The summed E-state index contributed by atoms with van der Waals surface area (Å²) < 4.78 is 19.0. The van der Waals surface area contributed by atoms with Gasteiger partial charge in [-0.15, -0.1) is 0 Å². The van der Waals surface area contributed by atoms with Crippen LogP contribution in [0.25, 0.3) is 0 Å². The highest BCUT2D eigenvalue weighted by molar-refractivity contribution is 6.31. The molecule has 1 atom stereocenters. The number of ether oxygens (including phenoxy) is 1. The molecule has 0 aromatic heterocycles. The SMILES string of the molecule is CC(O)c1ccc(OCc2c(F)cccc2Cl)cc1. The molecule has 2 rings (SSSR count). The van der Waals surface area contributed by atoms with Crippen LogP contribution in [0, 0.1) is 5.82 Å². The molecule has 4 heteroatoms. The molecule has 1 N–H and O–H groups in total. The highest BCUT2D eigenvalue weighted by Gasteiger charge is 2.08. The summed E-state index contributed by atoms with van der Waals surface area (Å²) in [6, 6.07) is 11.5. The second-order valence-electron chi connectivity index (χ2n) is 4.23. The molecule has 1 unspecified atom stereocenters. The van der Waals surface area contributed by atoms with Crippen molar-refractivity contribution in [2.24, 2.45) is 0 Å². The van der Waals surface area contributed by atoms with Crippen molar-refractivity contribution in [1.29, 1.82) is 0 Å². The van der Waals surface area contributed by atoms with Crippen LogP contribution in [0.5, 0.6) is 5.75 Å². The van der Waals surface area contributed by atoms with Gasteiger partial charge in [-0.3, -0.25) is 0 Å². The molecule has 2 nitrogen and oxygen atoms in total. The maximum Gasteiger partial charge on any atom is 0.131 e. The molecular formula is C15H14ClFO2. The summed E-state index contributed by atoms with van der Waals surface area (Å²) in [6.07, 6.45) is -0.518. The standard InChI is InChI=1S/C15H14ClFO2/c1-10(18)11-5-7-12(8-6-11)19-9-13-14(16)3-2-4-15(13)17/h2-8,10,18H,9H2,1H3. The van der Waals surface area contributed by atoms with Gasteiger partial charge < -0.3 is 9.84 Å². The zero-order valence-electron chi connectivity index (χ0n) is 10.4. The molecule has 19 heavy (non-hydrogen) atoms. The third-order valence-electron chi connectivity index (χ3n) is 2.81. The van der Waals surface area contributed by atoms with Crippen LogP contribution in [0.1, 0.15) is 24.2 Å². The summed E-state index contributed by atoms with van der Waals surface area (Å²) >= 11 is 5.91. The first-order chi connectivity index (χ1) is 9.08. The molecule has 0 radical (unpaired) electrons. The average molecular weight is 281 g/mol. The Labute approximate surface area is 116 Å². The number of aliphatic hydroxyl groups is 1. The van der Waals surface area contributed by atoms with Crippen molar-refractivity contribution in [3.05, 3.63) is 64.4 Å². The third-order valence-corrected chi connectivity index (χ3v) is 3.16. The van der Waals surface area contributed by atoms with E-state index in [2.05, 4.69) is 0 Å². The van der Waals surface area contributed by atoms with E-state index in [1.54, 1.807) is 43.3 Å². The van der Waals surface area contributed by atoms with Crippen LogP contribution in [-0.2, 0) is 6.61 Å². The van der Waals surface area contributed by atoms with Crippen LogP contribution in [-0.4, -0.2) is 5.11 Å². The molecule has 0 heterocycles. The topological polar surface area (TPSA) is 29.5 Å². The highest BCUT2D eigenvalue weighted by Crippen LogP contribution is 2.22. The van der Waals surface area contributed by atoms with Crippen molar-refractivity contribution in [2.75, 3.05) is 0 Å².